The lowest BCUT2D eigenvalue weighted by Crippen LogP contribution is -2.30. The second kappa shape index (κ2) is 5.77. The Bertz CT molecular complexity index is 425. The van der Waals surface area contributed by atoms with Gasteiger partial charge in [-0.25, -0.2) is 14.8 Å². The third-order valence-corrected chi connectivity index (χ3v) is 3.30. The maximum absolute atomic E-state index is 10.9. The molecule has 1 aliphatic carbocycles. The molecule has 1 aliphatic rings. The van der Waals surface area contributed by atoms with Crippen molar-refractivity contribution in [1.82, 2.24) is 9.97 Å². The van der Waals surface area contributed by atoms with Crippen molar-refractivity contribution in [3.63, 3.8) is 0 Å². The van der Waals surface area contributed by atoms with Gasteiger partial charge in [0.25, 0.3) is 0 Å². The van der Waals surface area contributed by atoms with Crippen molar-refractivity contribution < 1.29 is 15.0 Å². The Morgan fingerprint density at radius 2 is 2.06 bits per heavy atom. The minimum atomic E-state index is -1.10. The molecule has 1 aromatic heterocycles. The van der Waals surface area contributed by atoms with Crippen LogP contribution in [-0.2, 0) is 0 Å². The van der Waals surface area contributed by atoms with Gasteiger partial charge in [-0.3, -0.25) is 0 Å². The van der Waals surface area contributed by atoms with Gasteiger partial charge in [0.05, 0.1) is 6.10 Å². The highest BCUT2D eigenvalue weighted by molar-refractivity contribution is 5.90. The summed E-state index contributed by atoms with van der Waals surface area (Å²) in [6.45, 7) is 0.528. The first-order valence-electron chi connectivity index (χ1n) is 6.14. The van der Waals surface area contributed by atoms with E-state index in [4.69, 9.17) is 5.11 Å². The number of aromatic nitrogens is 2. The van der Waals surface area contributed by atoms with Crippen LogP contribution >= 0.6 is 0 Å². The Kier molecular flexibility index (Phi) is 4.09. The van der Waals surface area contributed by atoms with E-state index in [1.54, 1.807) is 0 Å². The van der Waals surface area contributed by atoms with Crippen LogP contribution in [0.15, 0.2) is 12.4 Å². The van der Waals surface area contributed by atoms with Gasteiger partial charge < -0.3 is 15.5 Å². The number of anilines is 1. The largest absolute Gasteiger partial charge is 0.476 e. The van der Waals surface area contributed by atoms with Crippen LogP contribution in [0.1, 0.15) is 36.2 Å². The van der Waals surface area contributed by atoms with E-state index < -0.39 is 5.97 Å². The maximum Gasteiger partial charge on any atom is 0.358 e. The number of nitrogens with zero attached hydrogens (tertiary/aromatic N) is 2. The molecule has 0 aliphatic heterocycles. The van der Waals surface area contributed by atoms with Crippen molar-refractivity contribution in [2.24, 2.45) is 5.92 Å². The Hall–Kier alpha value is -1.69. The molecule has 0 spiro atoms. The first kappa shape index (κ1) is 12.8. The van der Waals surface area contributed by atoms with Crippen molar-refractivity contribution in [3.8, 4) is 0 Å². The molecule has 0 amide bonds. The summed E-state index contributed by atoms with van der Waals surface area (Å²) in [5, 5.41) is 21.8. The van der Waals surface area contributed by atoms with Crippen LogP contribution in [0.4, 0.5) is 5.82 Å². The van der Waals surface area contributed by atoms with Gasteiger partial charge in [0.1, 0.15) is 0 Å². The quantitative estimate of drug-likeness (QED) is 0.742. The van der Waals surface area contributed by atoms with E-state index in [1.165, 1.54) is 12.4 Å². The normalized spacial score (nSPS) is 23.6. The van der Waals surface area contributed by atoms with Crippen LogP contribution in [0.2, 0.25) is 0 Å². The summed E-state index contributed by atoms with van der Waals surface area (Å²) in [6.07, 6.45) is 6.43. The monoisotopic (exact) mass is 251 g/mol. The van der Waals surface area contributed by atoms with Gasteiger partial charge in [-0.2, -0.15) is 0 Å². The molecule has 0 radical (unpaired) electrons. The van der Waals surface area contributed by atoms with Gasteiger partial charge in [-0.05, 0) is 12.8 Å². The average molecular weight is 251 g/mol. The number of carboxylic acid groups (broad SMARTS) is 1. The van der Waals surface area contributed by atoms with Crippen molar-refractivity contribution in [1.29, 1.82) is 0 Å². The minimum Gasteiger partial charge on any atom is -0.476 e. The molecule has 6 nitrogen and oxygen atoms in total. The van der Waals surface area contributed by atoms with E-state index >= 15 is 0 Å². The third-order valence-electron chi connectivity index (χ3n) is 3.30. The van der Waals surface area contributed by atoms with Crippen LogP contribution in [0.3, 0.4) is 0 Å². The van der Waals surface area contributed by atoms with Crippen LogP contribution in [-0.4, -0.2) is 38.8 Å². The van der Waals surface area contributed by atoms with E-state index in [9.17, 15) is 9.90 Å². The fraction of sp³-hybridized carbons (Fsp3) is 0.583. The summed E-state index contributed by atoms with van der Waals surface area (Å²) >= 11 is 0. The van der Waals surface area contributed by atoms with Crippen LogP contribution in [0.5, 0.6) is 0 Å². The Labute approximate surface area is 105 Å². The predicted molar refractivity (Wildman–Crippen MR) is 65.4 cm³/mol. The first-order valence-corrected chi connectivity index (χ1v) is 6.14. The summed E-state index contributed by atoms with van der Waals surface area (Å²) in [5.74, 6) is -0.681. The number of carboxylic acids is 1. The Morgan fingerprint density at radius 1 is 1.33 bits per heavy atom. The number of hydrogen-bond donors (Lipinski definition) is 3. The average Bonchev–Trinajstić information content (AvgIpc) is 2.38. The van der Waals surface area contributed by atoms with Crippen LogP contribution < -0.4 is 5.32 Å². The third kappa shape index (κ3) is 2.95. The molecule has 1 heterocycles. The highest BCUT2D eigenvalue weighted by Gasteiger charge is 2.23. The molecule has 0 aromatic carbocycles. The standard InChI is InChI=1S/C12H17N3O3/c16-9-4-2-1-3-8(9)7-15-11-10(12(17)18)13-5-6-14-11/h5-6,8-9,16H,1-4,7H2,(H,14,15)(H,17,18). The van der Waals surface area contributed by atoms with Gasteiger partial charge >= 0.3 is 5.97 Å². The van der Waals surface area contributed by atoms with E-state index in [0.717, 1.165) is 25.7 Å². The lowest BCUT2D eigenvalue weighted by Gasteiger charge is -2.27. The van der Waals surface area contributed by atoms with Gasteiger partial charge in [0.2, 0.25) is 0 Å². The minimum absolute atomic E-state index is 0.0807. The zero-order valence-corrected chi connectivity index (χ0v) is 10.0. The lowest BCUT2D eigenvalue weighted by atomic mass is 9.86. The molecular formula is C12H17N3O3. The van der Waals surface area contributed by atoms with Gasteiger partial charge in [0, 0.05) is 24.9 Å². The summed E-state index contributed by atoms with van der Waals surface area (Å²) < 4.78 is 0. The van der Waals surface area contributed by atoms with Gasteiger partial charge in [-0.1, -0.05) is 12.8 Å². The molecule has 1 fully saturated rings. The van der Waals surface area contributed by atoms with Crippen LogP contribution in [0.25, 0.3) is 0 Å². The molecule has 0 bridgehead atoms. The van der Waals surface area contributed by atoms with Crippen molar-refractivity contribution in [3.05, 3.63) is 18.1 Å². The maximum atomic E-state index is 10.9. The molecule has 3 N–H and O–H groups in total. The number of hydrogen-bond acceptors (Lipinski definition) is 5. The second-order valence-corrected chi connectivity index (χ2v) is 4.55. The SMILES string of the molecule is O=C(O)c1nccnc1NCC1CCCCC1O. The molecule has 0 saturated heterocycles. The number of aliphatic hydroxyl groups is 1. The van der Waals surface area contributed by atoms with Crippen molar-refractivity contribution >= 4 is 11.8 Å². The first-order chi connectivity index (χ1) is 8.68. The van der Waals surface area contributed by atoms with E-state index in [2.05, 4.69) is 15.3 Å². The number of aliphatic hydroxyl groups excluding tert-OH is 1. The molecule has 1 aromatic rings. The van der Waals surface area contributed by atoms with Crippen molar-refractivity contribution in [2.75, 3.05) is 11.9 Å². The van der Waals surface area contributed by atoms with E-state index in [1.807, 2.05) is 0 Å². The Morgan fingerprint density at radius 3 is 2.78 bits per heavy atom. The molecule has 6 heteroatoms. The van der Waals surface area contributed by atoms with Gasteiger partial charge in [-0.15, -0.1) is 0 Å². The molecular weight excluding hydrogens is 234 g/mol. The predicted octanol–water partition coefficient (Wildman–Crippen LogP) is 1.14. The molecule has 1 saturated carbocycles. The summed E-state index contributed by atoms with van der Waals surface area (Å²) in [6, 6.07) is 0. The summed E-state index contributed by atoms with van der Waals surface area (Å²) in [7, 11) is 0. The zero-order valence-electron chi connectivity index (χ0n) is 10.0. The number of aromatic carboxylic acids is 1. The van der Waals surface area contributed by atoms with Gasteiger partial charge in [0.15, 0.2) is 11.5 Å². The van der Waals surface area contributed by atoms with E-state index in [-0.39, 0.29) is 23.5 Å². The number of carbonyl (C=O) groups is 1. The zero-order chi connectivity index (χ0) is 13.0. The highest BCUT2D eigenvalue weighted by atomic mass is 16.4. The summed E-state index contributed by atoms with van der Waals surface area (Å²) in [4.78, 5) is 18.7. The lowest BCUT2D eigenvalue weighted by molar-refractivity contribution is 0.0691. The summed E-state index contributed by atoms with van der Waals surface area (Å²) in [5.41, 5.74) is -0.0807. The fourth-order valence-electron chi connectivity index (χ4n) is 2.28. The smallest absolute Gasteiger partial charge is 0.358 e. The highest BCUT2D eigenvalue weighted by Crippen LogP contribution is 2.24. The molecule has 2 rings (SSSR count). The number of nitrogens with one attached hydrogen (secondary N) is 1. The van der Waals surface area contributed by atoms with Crippen molar-refractivity contribution in [2.45, 2.75) is 31.8 Å². The fourth-order valence-corrected chi connectivity index (χ4v) is 2.28. The van der Waals surface area contributed by atoms with E-state index in [0.29, 0.717) is 6.54 Å². The molecule has 98 valence electrons. The Balaban J connectivity index is 1.99. The molecule has 18 heavy (non-hydrogen) atoms. The molecule has 2 atom stereocenters. The van der Waals surface area contributed by atoms with Crippen LogP contribution in [0, 0.1) is 5.92 Å². The second-order valence-electron chi connectivity index (χ2n) is 4.55. The topological polar surface area (TPSA) is 95.3 Å². The number of rotatable bonds is 4. The molecule has 2 unspecified atom stereocenters.